The number of nitrogens with one attached hydrogen (secondary N) is 2. The van der Waals surface area contributed by atoms with Gasteiger partial charge in [0.05, 0.1) is 0 Å². The number of carbonyl (C=O) groups is 2. The number of amides is 2. The Balaban J connectivity index is 1.76. The van der Waals surface area contributed by atoms with Crippen LogP contribution in [0.25, 0.3) is 0 Å². The summed E-state index contributed by atoms with van der Waals surface area (Å²) in [6.07, 6.45) is 2.54. The molecule has 192 valence electrons. The first kappa shape index (κ1) is 28.1. The van der Waals surface area contributed by atoms with Gasteiger partial charge >= 0.3 is 12.2 Å². The minimum Gasteiger partial charge on any atom is -0.445 e. The van der Waals surface area contributed by atoms with Crippen LogP contribution in [-0.4, -0.2) is 55.9 Å². The van der Waals surface area contributed by atoms with Crippen molar-refractivity contribution in [2.24, 2.45) is 5.73 Å². The zero-order valence-corrected chi connectivity index (χ0v) is 20.8. The van der Waals surface area contributed by atoms with E-state index < -0.39 is 6.09 Å². The summed E-state index contributed by atoms with van der Waals surface area (Å²) in [5, 5.41) is 6.19. The summed E-state index contributed by atoms with van der Waals surface area (Å²) in [5.74, 6) is 0. The lowest BCUT2D eigenvalue weighted by atomic mass is 10.2. The van der Waals surface area contributed by atoms with E-state index in [0.717, 1.165) is 43.5 Å². The molecule has 0 aliphatic heterocycles. The van der Waals surface area contributed by atoms with Crippen molar-refractivity contribution in [3.05, 3.63) is 71.8 Å². The summed E-state index contributed by atoms with van der Waals surface area (Å²) >= 11 is 0. The van der Waals surface area contributed by atoms with E-state index in [9.17, 15) is 9.59 Å². The van der Waals surface area contributed by atoms with Gasteiger partial charge in [-0.15, -0.1) is 0 Å². The summed E-state index contributed by atoms with van der Waals surface area (Å²) in [5.41, 5.74) is 7.39. The number of alkyl carbamates (subject to hydrolysis) is 1. The van der Waals surface area contributed by atoms with Gasteiger partial charge in [0.1, 0.15) is 13.2 Å². The van der Waals surface area contributed by atoms with Gasteiger partial charge in [0.15, 0.2) is 0 Å². The second kappa shape index (κ2) is 17.4. The van der Waals surface area contributed by atoms with Crippen LogP contribution < -0.4 is 16.4 Å². The number of benzene rings is 2. The molecule has 1 atom stereocenters. The number of rotatable bonds is 16. The summed E-state index contributed by atoms with van der Waals surface area (Å²) in [6.45, 7) is 5.90. The highest BCUT2D eigenvalue weighted by Gasteiger charge is 2.17. The molecule has 2 aromatic carbocycles. The van der Waals surface area contributed by atoms with Gasteiger partial charge in [-0.05, 0) is 63.4 Å². The molecule has 0 spiro atoms. The number of unbranched alkanes of at least 4 members (excludes halogenated alkanes) is 1. The molecule has 0 heterocycles. The summed E-state index contributed by atoms with van der Waals surface area (Å²) in [4.78, 5) is 26.6. The average molecular weight is 485 g/mol. The molecule has 8 nitrogen and oxygen atoms in total. The Hall–Kier alpha value is -3.10. The van der Waals surface area contributed by atoms with Crippen LogP contribution in [0, 0.1) is 0 Å². The van der Waals surface area contributed by atoms with Crippen LogP contribution in [0.15, 0.2) is 60.7 Å². The molecule has 4 N–H and O–H groups in total. The van der Waals surface area contributed by atoms with Gasteiger partial charge in [-0.25, -0.2) is 9.59 Å². The van der Waals surface area contributed by atoms with E-state index in [2.05, 4.69) is 10.6 Å². The van der Waals surface area contributed by atoms with E-state index in [1.165, 1.54) is 0 Å². The fourth-order valence-corrected chi connectivity index (χ4v) is 3.40. The molecule has 2 rings (SSSR count). The van der Waals surface area contributed by atoms with Gasteiger partial charge < -0.3 is 30.7 Å². The lowest BCUT2D eigenvalue weighted by Gasteiger charge is -2.24. The third-order valence-corrected chi connectivity index (χ3v) is 5.46. The fraction of sp³-hybridized carbons (Fsp3) is 0.481. The SMILES string of the molecule is CC(CCN(CCCCNCCCN)C(=O)OCc1ccccc1)NC(=O)OCc1ccccc1. The molecule has 2 aromatic rings. The number of nitrogens with zero attached hydrogens (tertiary/aromatic N) is 1. The van der Waals surface area contributed by atoms with Crippen LogP contribution in [0.2, 0.25) is 0 Å². The molecule has 2 amide bonds. The van der Waals surface area contributed by atoms with Crippen molar-refractivity contribution in [2.45, 2.75) is 51.9 Å². The molecule has 0 aliphatic carbocycles. The Morgan fingerprint density at radius 3 is 2.09 bits per heavy atom. The number of ether oxygens (including phenoxy) is 2. The Kier molecular flexibility index (Phi) is 14.0. The van der Waals surface area contributed by atoms with E-state index >= 15 is 0 Å². The topological polar surface area (TPSA) is 106 Å². The average Bonchev–Trinajstić information content (AvgIpc) is 2.88. The second-order valence-corrected chi connectivity index (χ2v) is 8.52. The molecular weight excluding hydrogens is 444 g/mol. The van der Waals surface area contributed by atoms with Crippen molar-refractivity contribution in [2.75, 3.05) is 32.7 Å². The minimum absolute atomic E-state index is 0.152. The predicted molar refractivity (Wildman–Crippen MR) is 138 cm³/mol. The number of hydrogen-bond acceptors (Lipinski definition) is 6. The first-order valence-corrected chi connectivity index (χ1v) is 12.4. The van der Waals surface area contributed by atoms with E-state index in [4.69, 9.17) is 15.2 Å². The molecular formula is C27H40N4O4. The van der Waals surface area contributed by atoms with E-state index in [0.29, 0.717) is 26.1 Å². The standard InChI is InChI=1S/C27H40N4O4/c1-23(30-26(32)34-21-24-11-4-2-5-12-24)15-20-31(19-9-8-17-29-18-10-16-28)27(33)35-22-25-13-6-3-7-14-25/h2-7,11-14,23,29H,8-10,15-22,28H2,1H3,(H,30,32). The maximum absolute atomic E-state index is 12.8. The van der Waals surface area contributed by atoms with Gasteiger partial charge in [0, 0.05) is 19.1 Å². The molecule has 8 heteroatoms. The van der Waals surface area contributed by atoms with Crippen LogP contribution in [0.1, 0.15) is 43.7 Å². The van der Waals surface area contributed by atoms with Crippen LogP contribution >= 0.6 is 0 Å². The molecule has 0 radical (unpaired) electrons. The van der Waals surface area contributed by atoms with Crippen molar-refractivity contribution in [3.8, 4) is 0 Å². The van der Waals surface area contributed by atoms with Crippen molar-refractivity contribution in [3.63, 3.8) is 0 Å². The number of hydrogen-bond donors (Lipinski definition) is 3. The lowest BCUT2D eigenvalue weighted by molar-refractivity contribution is 0.0938. The second-order valence-electron chi connectivity index (χ2n) is 8.52. The molecule has 0 aliphatic rings. The van der Waals surface area contributed by atoms with Crippen LogP contribution in [0.3, 0.4) is 0 Å². The molecule has 0 fully saturated rings. The van der Waals surface area contributed by atoms with E-state index in [1.807, 2.05) is 67.6 Å². The Bertz CT molecular complexity index is 836. The minimum atomic E-state index is -0.469. The largest absolute Gasteiger partial charge is 0.445 e. The first-order valence-electron chi connectivity index (χ1n) is 12.4. The van der Waals surface area contributed by atoms with Gasteiger partial charge in [-0.3, -0.25) is 0 Å². The van der Waals surface area contributed by atoms with Crippen molar-refractivity contribution in [1.82, 2.24) is 15.5 Å². The van der Waals surface area contributed by atoms with Crippen LogP contribution in [-0.2, 0) is 22.7 Å². The van der Waals surface area contributed by atoms with E-state index in [-0.39, 0.29) is 25.3 Å². The van der Waals surface area contributed by atoms with E-state index in [1.54, 1.807) is 4.90 Å². The predicted octanol–water partition coefficient (Wildman–Crippen LogP) is 4.05. The zero-order valence-electron chi connectivity index (χ0n) is 20.8. The molecule has 0 aromatic heterocycles. The van der Waals surface area contributed by atoms with Gasteiger partial charge in [-0.1, -0.05) is 60.7 Å². The third-order valence-electron chi connectivity index (χ3n) is 5.46. The van der Waals surface area contributed by atoms with Gasteiger partial charge in [0.25, 0.3) is 0 Å². The Labute approximate surface area is 209 Å². The Morgan fingerprint density at radius 2 is 1.46 bits per heavy atom. The molecule has 1 unspecified atom stereocenters. The third kappa shape index (κ3) is 12.8. The summed E-state index contributed by atoms with van der Waals surface area (Å²) in [7, 11) is 0. The van der Waals surface area contributed by atoms with Crippen molar-refractivity contribution < 1.29 is 19.1 Å². The summed E-state index contributed by atoms with van der Waals surface area (Å²) < 4.78 is 10.8. The monoisotopic (exact) mass is 484 g/mol. The van der Waals surface area contributed by atoms with Crippen molar-refractivity contribution >= 4 is 12.2 Å². The highest BCUT2D eigenvalue weighted by Crippen LogP contribution is 2.07. The quantitative estimate of drug-likeness (QED) is 0.311. The normalized spacial score (nSPS) is 11.5. The molecule has 0 bridgehead atoms. The molecule has 35 heavy (non-hydrogen) atoms. The zero-order chi connectivity index (χ0) is 25.1. The number of nitrogens with two attached hydrogens (primary N) is 1. The first-order chi connectivity index (χ1) is 17.1. The maximum Gasteiger partial charge on any atom is 0.410 e. The molecule has 0 saturated carbocycles. The maximum atomic E-state index is 12.8. The Morgan fingerprint density at radius 1 is 0.857 bits per heavy atom. The smallest absolute Gasteiger partial charge is 0.410 e. The van der Waals surface area contributed by atoms with Crippen molar-refractivity contribution in [1.29, 1.82) is 0 Å². The van der Waals surface area contributed by atoms with Gasteiger partial charge in [0.2, 0.25) is 0 Å². The summed E-state index contributed by atoms with van der Waals surface area (Å²) in [6, 6.07) is 19.0. The van der Waals surface area contributed by atoms with Crippen LogP contribution in [0.4, 0.5) is 9.59 Å². The lowest BCUT2D eigenvalue weighted by Crippen LogP contribution is -2.39. The fourth-order valence-electron chi connectivity index (χ4n) is 3.40. The van der Waals surface area contributed by atoms with Gasteiger partial charge in [-0.2, -0.15) is 0 Å². The number of carbonyl (C=O) groups excluding carboxylic acids is 2. The highest BCUT2D eigenvalue weighted by molar-refractivity contribution is 5.68. The van der Waals surface area contributed by atoms with Crippen LogP contribution in [0.5, 0.6) is 0 Å². The molecule has 0 saturated heterocycles. The highest BCUT2D eigenvalue weighted by atomic mass is 16.6.